The first kappa shape index (κ1) is 9.14. The number of benzene rings is 1. The second-order valence-electron chi connectivity index (χ2n) is 2.30. The number of phenolic OH excluding ortho intramolecular Hbond substituents is 3. The topological polar surface area (TPSA) is 110 Å². The van der Waals surface area contributed by atoms with Crippen LogP contribution in [0.5, 0.6) is 17.2 Å². The van der Waals surface area contributed by atoms with Crippen LogP contribution in [-0.4, -0.2) is 26.4 Å². The van der Waals surface area contributed by atoms with Crippen molar-refractivity contribution in [3.63, 3.8) is 0 Å². The molecule has 6 heteroatoms. The van der Waals surface area contributed by atoms with Crippen molar-refractivity contribution in [2.45, 2.75) is 0 Å². The van der Waals surface area contributed by atoms with Gasteiger partial charge in [-0.25, -0.2) is 5.48 Å². The SMILES string of the molecule is O=C(NO)c1c(O)cc(O)cc1O. The highest BCUT2D eigenvalue weighted by molar-refractivity contribution is 5.99. The van der Waals surface area contributed by atoms with Gasteiger partial charge in [0.15, 0.2) is 0 Å². The Morgan fingerprint density at radius 1 is 1.15 bits per heavy atom. The van der Waals surface area contributed by atoms with E-state index in [9.17, 15) is 4.79 Å². The van der Waals surface area contributed by atoms with Crippen LogP contribution in [0.25, 0.3) is 0 Å². The van der Waals surface area contributed by atoms with Crippen LogP contribution in [0.3, 0.4) is 0 Å². The van der Waals surface area contributed by atoms with Crippen LogP contribution in [0.1, 0.15) is 10.4 Å². The molecule has 0 bridgehead atoms. The molecule has 1 amide bonds. The highest BCUT2D eigenvalue weighted by Crippen LogP contribution is 2.31. The number of amides is 1. The van der Waals surface area contributed by atoms with Crippen molar-refractivity contribution >= 4 is 5.91 Å². The maximum Gasteiger partial charge on any atom is 0.282 e. The molecule has 0 aliphatic heterocycles. The summed E-state index contributed by atoms with van der Waals surface area (Å²) in [7, 11) is 0. The number of rotatable bonds is 1. The van der Waals surface area contributed by atoms with Crippen LogP contribution < -0.4 is 5.48 Å². The van der Waals surface area contributed by atoms with E-state index in [0.29, 0.717) is 0 Å². The summed E-state index contributed by atoms with van der Waals surface area (Å²) in [5.41, 5.74) is 0.742. The number of nitrogens with one attached hydrogen (secondary N) is 1. The van der Waals surface area contributed by atoms with E-state index in [2.05, 4.69) is 0 Å². The van der Waals surface area contributed by atoms with E-state index >= 15 is 0 Å². The van der Waals surface area contributed by atoms with Crippen molar-refractivity contribution in [1.29, 1.82) is 0 Å². The zero-order chi connectivity index (χ0) is 10.0. The average molecular weight is 185 g/mol. The molecule has 0 saturated heterocycles. The highest BCUT2D eigenvalue weighted by atomic mass is 16.5. The lowest BCUT2D eigenvalue weighted by atomic mass is 10.1. The van der Waals surface area contributed by atoms with Crippen molar-refractivity contribution in [2.24, 2.45) is 0 Å². The molecule has 0 fully saturated rings. The van der Waals surface area contributed by atoms with Crippen LogP contribution in [0.4, 0.5) is 0 Å². The average Bonchev–Trinajstić information content (AvgIpc) is 2.02. The Hall–Kier alpha value is -1.95. The van der Waals surface area contributed by atoms with E-state index < -0.39 is 23.0 Å². The summed E-state index contributed by atoms with van der Waals surface area (Å²) in [6.45, 7) is 0. The zero-order valence-electron chi connectivity index (χ0n) is 6.35. The predicted octanol–water partition coefficient (Wildman–Crippen LogP) is -0.0776. The molecule has 1 aromatic rings. The highest BCUT2D eigenvalue weighted by Gasteiger charge is 2.16. The van der Waals surface area contributed by atoms with E-state index in [0.717, 1.165) is 12.1 Å². The molecular weight excluding hydrogens is 178 g/mol. The summed E-state index contributed by atoms with van der Waals surface area (Å²) in [5.74, 6) is -2.69. The van der Waals surface area contributed by atoms with E-state index in [-0.39, 0.29) is 5.75 Å². The first-order chi connectivity index (χ1) is 6.06. The van der Waals surface area contributed by atoms with Gasteiger partial charge in [-0.05, 0) is 0 Å². The molecule has 0 heterocycles. The van der Waals surface area contributed by atoms with E-state index in [1.807, 2.05) is 0 Å². The lowest BCUT2D eigenvalue weighted by Gasteiger charge is -2.05. The lowest BCUT2D eigenvalue weighted by molar-refractivity contribution is 0.0700. The number of carbonyl (C=O) groups is 1. The van der Waals surface area contributed by atoms with Gasteiger partial charge in [0.25, 0.3) is 5.91 Å². The molecule has 0 radical (unpaired) electrons. The molecule has 1 rings (SSSR count). The van der Waals surface area contributed by atoms with Gasteiger partial charge in [0.1, 0.15) is 22.8 Å². The Labute approximate surface area is 72.6 Å². The maximum absolute atomic E-state index is 10.8. The molecule has 0 aliphatic carbocycles. The summed E-state index contributed by atoms with van der Waals surface area (Å²) in [5, 5.41) is 35.2. The molecule has 0 saturated carbocycles. The van der Waals surface area contributed by atoms with Gasteiger partial charge in [0.05, 0.1) is 0 Å². The summed E-state index contributed by atoms with van der Waals surface area (Å²) < 4.78 is 0. The molecule has 6 nitrogen and oxygen atoms in total. The van der Waals surface area contributed by atoms with Crippen molar-refractivity contribution < 1.29 is 25.3 Å². The third-order valence-electron chi connectivity index (χ3n) is 1.41. The van der Waals surface area contributed by atoms with Gasteiger partial charge in [0, 0.05) is 12.1 Å². The molecule has 0 atom stereocenters. The number of hydrogen-bond acceptors (Lipinski definition) is 5. The first-order valence-electron chi connectivity index (χ1n) is 3.25. The van der Waals surface area contributed by atoms with Gasteiger partial charge in [-0.2, -0.15) is 0 Å². The number of hydrogen-bond donors (Lipinski definition) is 5. The number of aromatic hydroxyl groups is 3. The Kier molecular flexibility index (Phi) is 2.25. The third kappa shape index (κ3) is 1.62. The van der Waals surface area contributed by atoms with Gasteiger partial charge in [-0.3, -0.25) is 10.0 Å². The largest absolute Gasteiger partial charge is 0.508 e. The molecule has 0 aromatic heterocycles. The summed E-state index contributed by atoms with van der Waals surface area (Å²) in [4.78, 5) is 10.8. The van der Waals surface area contributed by atoms with Crippen molar-refractivity contribution in [2.75, 3.05) is 0 Å². The van der Waals surface area contributed by atoms with Crippen LogP contribution in [0, 0.1) is 0 Å². The van der Waals surface area contributed by atoms with Crippen molar-refractivity contribution in [3.05, 3.63) is 17.7 Å². The number of carbonyl (C=O) groups excluding carboxylic acids is 1. The molecule has 0 unspecified atom stereocenters. The molecule has 5 N–H and O–H groups in total. The molecule has 0 aliphatic rings. The van der Waals surface area contributed by atoms with E-state index in [1.54, 1.807) is 0 Å². The minimum absolute atomic E-state index is 0.385. The fourth-order valence-corrected chi connectivity index (χ4v) is 0.886. The Morgan fingerprint density at radius 2 is 1.62 bits per heavy atom. The summed E-state index contributed by atoms with van der Waals surface area (Å²) in [6, 6.07) is 1.73. The monoisotopic (exact) mass is 185 g/mol. The second-order valence-corrected chi connectivity index (χ2v) is 2.30. The lowest BCUT2D eigenvalue weighted by Crippen LogP contribution is -2.18. The Morgan fingerprint density at radius 3 is 2.00 bits per heavy atom. The standard InChI is InChI=1S/C7H7NO5/c9-3-1-4(10)6(5(11)2-3)7(12)8-13/h1-2,9-11,13H,(H,8,12). The van der Waals surface area contributed by atoms with E-state index in [1.165, 1.54) is 5.48 Å². The smallest absolute Gasteiger partial charge is 0.282 e. The number of phenols is 3. The van der Waals surface area contributed by atoms with Gasteiger partial charge >= 0.3 is 0 Å². The van der Waals surface area contributed by atoms with E-state index in [4.69, 9.17) is 20.5 Å². The molecular formula is C7H7NO5. The van der Waals surface area contributed by atoms with Crippen LogP contribution >= 0.6 is 0 Å². The molecule has 1 aromatic carbocycles. The molecule has 70 valence electrons. The fourth-order valence-electron chi connectivity index (χ4n) is 0.886. The normalized spacial score (nSPS) is 9.62. The number of hydroxylamine groups is 1. The zero-order valence-corrected chi connectivity index (χ0v) is 6.35. The Bertz CT molecular complexity index is 326. The first-order valence-corrected chi connectivity index (χ1v) is 3.25. The van der Waals surface area contributed by atoms with Gasteiger partial charge in [-0.1, -0.05) is 0 Å². The summed E-state index contributed by atoms with van der Waals surface area (Å²) in [6.07, 6.45) is 0. The molecule has 13 heavy (non-hydrogen) atoms. The summed E-state index contributed by atoms with van der Waals surface area (Å²) >= 11 is 0. The van der Waals surface area contributed by atoms with Gasteiger partial charge < -0.3 is 15.3 Å². The van der Waals surface area contributed by atoms with Crippen LogP contribution in [-0.2, 0) is 0 Å². The van der Waals surface area contributed by atoms with Gasteiger partial charge in [-0.15, -0.1) is 0 Å². The minimum Gasteiger partial charge on any atom is -0.508 e. The van der Waals surface area contributed by atoms with Crippen molar-refractivity contribution in [3.8, 4) is 17.2 Å². The van der Waals surface area contributed by atoms with Gasteiger partial charge in [0.2, 0.25) is 0 Å². The predicted molar refractivity (Wildman–Crippen MR) is 40.7 cm³/mol. The van der Waals surface area contributed by atoms with Crippen LogP contribution in [0.15, 0.2) is 12.1 Å². The quantitative estimate of drug-likeness (QED) is 0.310. The minimum atomic E-state index is -1.06. The fraction of sp³-hybridized carbons (Fsp3) is 0. The Balaban J connectivity index is 3.28. The van der Waals surface area contributed by atoms with Crippen LogP contribution in [0.2, 0.25) is 0 Å². The van der Waals surface area contributed by atoms with Crippen molar-refractivity contribution in [1.82, 2.24) is 5.48 Å². The maximum atomic E-state index is 10.8. The third-order valence-corrected chi connectivity index (χ3v) is 1.41. The second kappa shape index (κ2) is 3.20. The molecule has 0 spiro atoms.